The molecule has 3 aromatic rings. The number of pyridine rings is 2. The lowest BCUT2D eigenvalue weighted by Crippen LogP contribution is -1.90. The summed E-state index contributed by atoms with van der Waals surface area (Å²) in [7, 11) is 0. The van der Waals surface area contributed by atoms with Crippen molar-refractivity contribution < 1.29 is 0 Å². The topological polar surface area (TPSA) is 25.8 Å². The molecule has 2 aromatic heterocycles. The van der Waals surface area contributed by atoms with E-state index >= 15 is 0 Å². The number of para-hydroxylation sites is 1. The summed E-state index contributed by atoms with van der Waals surface area (Å²) >= 11 is 0. The average Bonchev–Trinajstić information content (AvgIpc) is 2.41. The smallest absolute Gasteiger partial charge is 0.0725 e. The molecule has 2 heterocycles. The van der Waals surface area contributed by atoms with Gasteiger partial charge < -0.3 is 0 Å². The Labute approximate surface area is 106 Å². The number of nitrogens with zero attached hydrogens (tertiary/aromatic N) is 2. The third kappa shape index (κ3) is 1.86. The van der Waals surface area contributed by atoms with Gasteiger partial charge in [-0.25, -0.2) is 4.98 Å². The first-order chi connectivity index (χ1) is 8.74. The van der Waals surface area contributed by atoms with Gasteiger partial charge in [0.05, 0.1) is 11.2 Å². The van der Waals surface area contributed by atoms with Crippen molar-refractivity contribution in [2.45, 2.75) is 13.8 Å². The van der Waals surface area contributed by atoms with Gasteiger partial charge in [0, 0.05) is 22.8 Å². The molecule has 2 nitrogen and oxygen atoms in total. The fourth-order valence-electron chi connectivity index (χ4n) is 2.01. The SMILES string of the molecule is Cc1cc(-c2ccc3ccccc3n2)cnc1C. The van der Waals surface area contributed by atoms with Gasteiger partial charge in [0.15, 0.2) is 0 Å². The minimum Gasteiger partial charge on any atom is -0.261 e. The summed E-state index contributed by atoms with van der Waals surface area (Å²) in [4.78, 5) is 9.07. The molecule has 0 aliphatic rings. The van der Waals surface area contributed by atoms with Crippen LogP contribution in [0.5, 0.6) is 0 Å². The monoisotopic (exact) mass is 234 g/mol. The zero-order chi connectivity index (χ0) is 12.5. The van der Waals surface area contributed by atoms with E-state index in [1.165, 1.54) is 5.56 Å². The van der Waals surface area contributed by atoms with Gasteiger partial charge in [0.2, 0.25) is 0 Å². The van der Waals surface area contributed by atoms with Gasteiger partial charge in [0.25, 0.3) is 0 Å². The minimum absolute atomic E-state index is 0.976. The third-order valence-electron chi connectivity index (χ3n) is 3.23. The number of hydrogen-bond acceptors (Lipinski definition) is 2. The highest BCUT2D eigenvalue weighted by molar-refractivity contribution is 5.81. The van der Waals surface area contributed by atoms with E-state index < -0.39 is 0 Å². The number of aromatic nitrogens is 2. The number of benzene rings is 1. The predicted molar refractivity (Wildman–Crippen MR) is 74.4 cm³/mol. The van der Waals surface area contributed by atoms with Gasteiger partial charge >= 0.3 is 0 Å². The summed E-state index contributed by atoms with van der Waals surface area (Å²) < 4.78 is 0. The lowest BCUT2D eigenvalue weighted by molar-refractivity contribution is 1.15. The van der Waals surface area contributed by atoms with Gasteiger partial charge in [0.1, 0.15) is 0 Å². The standard InChI is InChI=1S/C16H14N2/c1-11-9-14(10-17-12(11)2)16-8-7-13-5-3-4-6-15(13)18-16/h3-10H,1-2H3. The molecule has 0 saturated heterocycles. The molecule has 0 unspecified atom stereocenters. The maximum Gasteiger partial charge on any atom is 0.0725 e. The number of rotatable bonds is 1. The Bertz CT molecular complexity index is 717. The normalized spacial score (nSPS) is 10.8. The molecule has 0 atom stereocenters. The quantitative estimate of drug-likeness (QED) is 0.638. The summed E-state index contributed by atoms with van der Waals surface area (Å²) in [6, 6.07) is 14.4. The first-order valence-corrected chi connectivity index (χ1v) is 6.03. The van der Waals surface area contributed by atoms with Crippen LogP contribution in [0.4, 0.5) is 0 Å². The van der Waals surface area contributed by atoms with E-state index in [2.05, 4.69) is 35.1 Å². The van der Waals surface area contributed by atoms with Crippen molar-refractivity contribution in [3.63, 3.8) is 0 Å². The Kier molecular flexibility index (Phi) is 2.56. The summed E-state index contributed by atoms with van der Waals surface area (Å²) in [5.74, 6) is 0. The average molecular weight is 234 g/mol. The van der Waals surface area contributed by atoms with Gasteiger partial charge in [-0.15, -0.1) is 0 Å². The molecular weight excluding hydrogens is 220 g/mol. The van der Waals surface area contributed by atoms with Crippen LogP contribution in [0, 0.1) is 13.8 Å². The van der Waals surface area contributed by atoms with Gasteiger partial charge in [-0.2, -0.15) is 0 Å². The highest BCUT2D eigenvalue weighted by Crippen LogP contribution is 2.21. The van der Waals surface area contributed by atoms with E-state index in [1.54, 1.807) is 0 Å². The van der Waals surface area contributed by atoms with Gasteiger partial charge in [-0.1, -0.05) is 24.3 Å². The maximum absolute atomic E-state index is 4.68. The second kappa shape index (κ2) is 4.22. The predicted octanol–water partition coefficient (Wildman–Crippen LogP) is 3.91. The molecule has 0 bridgehead atoms. The van der Waals surface area contributed by atoms with Crippen LogP contribution in [-0.2, 0) is 0 Å². The first kappa shape index (κ1) is 10.9. The summed E-state index contributed by atoms with van der Waals surface area (Å²) in [5, 5.41) is 1.16. The molecule has 0 radical (unpaired) electrons. The van der Waals surface area contributed by atoms with Crippen LogP contribution < -0.4 is 0 Å². The van der Waals surface area contributed by atoms with Crippen molar-refractivity contribution in [2.24, 2.45) is 0 Å². The maximum atomic E-state index is 4.68. The molecule has 0 saturated carbocycles. The Morgan fingerprint density at radius 1 is 0.944 bits per heavy atom. The van der Waals surface area contributed by atoms with Crippen LogP contribution >= 0.6 is 0 Å². The van der Waals surface area contributed by atoms with Crippen LogP contribution in [0.3, 0.4) is 0 Å². The number of aryl methyl sites for hydroxylation is 2. The molecule has 2 heteroatoms. The summed E-state index contributed by atoms with van der Waals surface area (Å²) in [6.07, 6.45) is 1.89. The molecule has 0 aliphatic carbocycles. The lowest BCUT2D eigenvalue weighted by atomic mass is 10.1. The van der Waals surface area contributed by atoms with Crippen LogP contribution in [-0.4, -0.2) is 9.97 Å². The Morgan fingerprint density at radius 3 is 2.61 bits per heavy atom. The molecule has 88 valence electrons. The molecule has 0 aliphatic heterocycles. The van der Waals surface area contributed by atoms with E-state index in [-0.39, 0.29) is 0 Å². The molecule has 0 amide bonds. The third-order valence-corrected chi connectivity index (χ3v) is 3.23. The van der Waals surface area contributed by atoms with Crippen molar-refractivity contribution in [1.29, 1.82) is 0 Å². The second-order valence-corrected chi connectivity index (χ2v) is 4.52. The van der Waals surface area contributed by atoms with Crippen LogP contribution in [0.25, 0.3) is 22.2 Å². The van der Waals surface area contributed by atoms with Gasteiger partial charge in [-0.3, -0.25) is 4.98 Å². The van der Waals surface area contributed by atoms with Crippen molar-refractivity contribution in [3.8, 4) is 11.3 Å². The zero-order valence-electron chi connectivity index (χ0n) is 10.5. The van der Waals surface area contributed by atoms with E-state index in [9.17, 15) is 0 Å². The first-order valence-electron chi connectivity index (χ1n) is 6.03. The highest BCUT2D eigenvalue weighted by atomic mass is 14.7. The van der Waals surface area contributed by atoms with Crippen molar-refractivity contribution in [3.05, 3.63) is 59.9 Å². The summed E-state index contributed by atoms with van der Waals surface area (Å²) in [5.41, 5.74) is 5.34. The van der Waals surface area contributed by atoms with Gasteiger partial charge in [-0.05, 0) is 37.6 Å². The molecule has 3 rings (SSSR count). The second-order valence-electron chi connectivity index (χ2n) is 4.52. The van der Waals surface area contributed by atoms with Crippen molar-refractivity contribution in [2.75, 3.05) is 0 Å². The van der Waals surface area contributed by atoms with Crippen LogP contribution in [0.15, 0.2) is 48.7 Å². The fraction of sp³-hybridized carbons (Fsp3) is 0.125. The Balaban J connectivity index is 2.16. The molecule has 0 fully saturated rings. The largest absolute Gasteiger partial charge is 0.261 e. The molecule has 0 N–H and O–H groups in total. The number of hydrogen-bond donors (Lipinski definition) is 0. The van der Waals surface area contributed by atoms with Crippen molar-refractivity contribution in [1.82, 2.24) is 9.97 Å². The minimum atomic E-state index is 0.976. The number of fused-ring (bicyclic) bond motifs is 1. The molecule has 0 spiro atoms. The highest BCUT2D eigenvalue weighted by Gasteiger charge is 2.03. The van der Waals surface area contributed by atoms with E-state index in [1.807, 2.05) is 37.4 Å². The molecule has 1 aromatic carbocycles. The molecule has 18 heavy (non-hydrogen) atoms. The Morgan fingerprint density at radius 2 is 1.78 bits per heavy atom. The van der Waals surface area contributed by atoms with Crippen LogP contribution in [0.1, 0.15) is 11.3 Å². The molecular formula is C16H14N2. The van der Waals surface area contributed by atoms with E-state index in [0.717, 1.165) is 27.9 Å². The lowest BCUT2D eigenvalue weighted by Gasteiger charge is -2.05. The Hall–Kier alpha value is -2.22. The van der Waals surface area contributed by atoms with Crippen molar-refractivity contribution >= 4 is 10.9 Å². The zero-order valence-corrected chi connectivity index (χ0v) is 10.5. The summed E-state index contributed by atoms with van der Waals surface area (Å²) in [6.45, 7) is 4.10. The van der Waals surface area contributed by atoms with E-state index in [4.69, 9.17) is 0 Å². The fourth-order valence-corrected chi connectivity index (χ4v) is 2.01. The van der Waals surface area contributed by atoms with E-state index in [0.29, 0.717) is 0 Å². The van der Waals surface area contributed by atoms with Crippen LogP contribution in [0.2, 0.25) is 0 Å².